The van der Waals surface area contributed by atoms with Gasteiger partial charge < -0.3 is 31.1 Å². The van der Waals surface area contributed by atoms with Crippen LogP contribution < -0.4 is 21.3 Å². The number of carbonyl (C=O) groups excluding carboxylic acids is 4. The van der Waals surface area contributed by atoms with Gasteiger partial charge in [-0.2, -0.15) is 0 Å². The lowest BCUT2D eigenvalue weighted by atomic mass is 9.94. The number of hydrogen-bond acceptors (Lipinski definition) is 6. The molecule has 1 aliphatic rings. The van der Waals surface area contributed by atoms with Crippen LogP contribution in [0.3, 0.4) is 0 Å². The van der Waals surface area contributed by atoms with Crippen LogP contribution >= 0.6 is 0 Å². The quantitative estimate of drug-likeness (QED) is 0.230. The molecule has 1 saturated heterocycles. The molecule has 39 heavy (non-hydrogen) atoms. The van der Waals surface area contributed by atoms with E-state index < -0.39 is 42.0 Å². The van der Waals surface area contributed by atoms with Crippen molar-refractivity contribution in [1.29, 1.82) is 0 Å². The fraction of sp³-hybridized carbons (Fsp3) is 0.448. The second-order valence-corrected chi connectivity index (χ2v) is 9.58. The van der Waals surface area contributed by atoms with Crippen molar-refractivity contribution in [1.82, 2.24) is 21.3 Å². The molecular weight excluding hydrogens is 500 g/mol. The number of alkyl carbamates (subject to hydrolysis) is 1. The van der Waals surface area contributed by atoms with Crippen molar-refractivity contribution < 1.29 is 29.0 Å². The minimum atomic E-state index is -1.57. The molecule has 1 fully saturated rings. The molecular formula is C29H38N4O6. The SMILES string of the molecule is CCNC(=O)C(O)[C@H](C[C@@H]1CCNC1=O)NC(=O)[C@H](Cc1ccccc1)NC(=O)OCCCc1ccccc1. The van der Waals surface area contributed by atoms with E-state index in [-0.39, 0.29) is 25.4 Å². The third-order valence-corrected chi connectivity index (χ3v) is 6.61. The van der Waals surface area contributed by atoms with E-state index in [0.717, 1.165) is 17.5 Å². The molecule has 10 heteroatoms. The van der Waals surface area contributed by atoms with Gasteiger partial charge in [-0.25, -0.2) is 4.79 Å². The topological polar surface area (TPSA) is 146 Å². The van der Waals surface area contributed by atoms with Crippen molar-refractivity contribution in [3.05, 3.63) is 71.8 Å². The van der Waals surface area contributed by atoms with Gasteiger partial charge in [0.15, 0.2) is 6.10 Å². The predicted molar refractivity (Wildman–Crippen MR) is 146 cm³/mol. The van der Waals surface area contributed by atoms with Gasteiger partial charge in [-0.3, -0.25) is 14.4 Å². The van der Waals surface area contributed by atoms with Crippen LogP contribution in [0.2, 0.25) is 0 Å². The summed E-state index contributed by atoms with van der Waals surface area (Å²) in [5, 5.41) is 21.3. The number of aryl methyl sites for hydroxylation is 1. The molecule has 0 spiro atoms. The molecule has 2 aromatic carbocycles. The number of benzene rings is 2. The van der Waals surface area contributed by atoms with Crippen molar-refractivity contribution in [3.63, 3.8) is 0 Å². The molecule has 210 valence electrons. The number of hydrogen-bond donors (Lipinski definition) is 5. The van der Waals surface area contributed by atoms with Crippen molar-refractivity contribution in [2.24, 2.45) is 5.92 Å². The highest BCUT2D eigenvalue weighted by Crippen LogP contribution is 2.18. The van der Waals surface area contributed by atoms with E-state index in [1.165, 1.54) is 0 Å². The van der Waals surface area contributed by atoms with Crippen molar-refractivity contribution in [2.75, 3.05) is 19.7 Å². The highest BCUT2D eigenvalue weighted by molar-refractivity contribution is 5.88. The average molecular weight is 539 g/mol. The molecule has 0 aliphatic carbocycles. The maximum absolute atomic E-state index is 13.4. The summed E-state index contributed by atoms with van der Waals surface area (Å²) in [6.45, 7) is 2.69. The van der Waals surface area contributed by atoms with E-state index in [4.69, 9.17) is 4.74 Å². The van der Waals surface area contributed by atoms with Crippen molar-refractivity contribution in [3.8, 4) is 0 Å². The average Bonchev–Trinajstić information content (AvgIpc) is 3.35. The summed E-state index contributed by atoms with van der Waals surface area (Å²) in [4.78, 5) is 50.6. The fourth-order valence-corrected chi connectivity index (χ4v) is 4.52. The number of aliphatic hydroxyl groups excluding tert-OH is 1. The number of amides is 4. The summed E-state index contributed by atoms with van der Waals surface area (Å²) in [5.74, 6) is -1.87. The summed E-state index contributed by atoms with van der Waals surface area (Å²) >= 11 is 0. The first-order chi connectivity index (χ1) is 18.9. The monoisotopic (exact) mass is 538 g/mol. The predicted octanol–water partition coefficient (Wildman–Crippen LogP) is 1.46. The van der Waals surface area contributed by atoms with E-state index in [9.17, 15) is 24.3 Å². The second kappa shape index (κ2) is 15.5. The zero-order valence-corrected chi connectivity index (χ0v) is 22.2. The summed E-state index contributed by atoms with van der Waals surface area (Å²) in [6.07, 6.45) is -0.154. The molecule has 2 aromatic rings. The summed E-state index contributed by atoms with van der Waals surface area (Å²) < 4.78 is 5.33. The molecule has 0 saturated carbocycles. The first kappa shape index (κ1) is 29.6. The Labute approximate surface area is 228 Å². The Kier molecular flexibility index (Phi) is 11.8. The van der Waals surface area contributed by atoms with Crippen LogP contribution in [0.5, 0.6) is 0 Å². The third-order valence-electron chi connectivity index (χ3n) is 6.61. The third kappa shape index (κ3) is 9.72. The molecule has 0 aromatic heterocycles. The molecule has 1 heterocycles. The van der Waals surface area contributed by atoms with E-state index in [1.807, 2.05) is 60.7 Å². The summed E-state index contributed by atoms with van der Waals surface area (Å²) in [6, 6.07) is 16.9. The molecule has 0 radical (unpaired) electrons. The van der Waals surface area contributed by atoms with Crippen LogP contribution in [0.25, 0.3) is 0 Å². The molecule has 5 N–H and O–H groups in total. The zero-order valence-electron chi connectivity index (χ0n) is 22.2. The van der Waals surface area contributed by atoms with Crippen LogP contribution in [0.1, 0.15) is 37.3 Å². The zero-order chi connectivity index (χ0) is 28.0. The Hall–Kier alpha value is -3.92. The minimum Gasteiger partial charge on any atom is -0.450 e. The van der Waals surface area contributed by atoms with E-state index in [1.54, 1.807) is 6.92 Å². The van der Waals surface area contributed by atoms with Crippen LogP contribution in [0, 0.1) is 5.92 Å². The molecule has 1 unspecified atom stereocenters. The number of nitrogens with one attached hydrogen (secondary N) is 4. The van der Waals surface area contributed by atoms with Gasteiger partial charge in [-0.05, 0) is 43.7 Å². The lowest BCUT2D eigenvalue weighted by Gasteiger charge is -2.27. The maximum Gasteiger partial charge on any atom is 0.407 e. The largest absolute Gasteiger partial charge is 0.450 e. The van der Waals surface area contributed by atoms with Crippen LogP contribution in [-0.2, 0) is 32.0 Å². The number of likely N-dealkylation sites (N-methyl/N-ethyl adjacent to an activating group) is 1. The molecule has 4 atom stereocenters. The van der Waals surface area contributed by atoms with E-state index >= 15 is 0 Å². The Morgan fingerprint density at radius 3 is 2.28 bits per heavy atom. The minimum absolute atomic E-state index is 0.0812. The van der Waals surface area contributed by atoms with Gasteiger partial charge in [0.25, 0.3) is 5.91 Å². The van der Waals surface area contributed by atoms with Crippen molar-refractivity contribution >= 4 is 23.8 Å². The summed E-state index contributed by atoms with van der Waals surface area (Å²) in [5.41, 5.74) is 1.94. The molecule has 3 rings (SSSR count). The van der Waals surface area contributed by atoms with Gasteiger partial charge in [0, 0.05) is 25.4 Å². The van der Waals surface area contributed by atoms with Crippen LogP contribution in [-0.4, -0.2) is 66.8 Å². The Morgan fingerprint density at radius 1 is 1.00 bits per heavy atom. The first-order valence-electron chi connectivity index (χ1n) is 13.4. The van der Waals surface area contributed by atoms with E-state index in [0.29, 0.717) is 25.9 Å². The lowest BCUT2D eigenvalue weighted by Crippen LogP contribution is -2.56. The normalized spacial score (nSPS) is 16.9. The van der Waals surface area contributed by atoms with Gasteiger partial charge >= 0.3 is 6.09 Å². The smallest absolute Gasteiger partial charge is 0.407 e. The molecule has 4 amide bonds. The highest BCUT2D eigenvalue weighted by atomic mass is 16.5. The summed E-state index contributed by atoms with van der Waals surface area (Å²) in [7, 11) is 0. The molecule has 0 bridgehead atoms. The highest BCUT2D eigenvalue weighted by Gasteiger charge is 2.35. The molecule has 10 nitrogen and oxygen atoms in total. The Bertz CT molecular complexity index is 1080. The standard InChI is InChI=1S/C29H38N4O6/c1-2-30-28(37)25(34)23(19-22-15-16-31-26(22)35)32-27(36)24(18-21-12-7-4-8-13-21)33-29(38)39-17-9-14-20-10-5-3-6-11-20/h3-8,10-13,22-25,34H,2,9,14-19H2,1H3,(H,30,37)(H,31,35)(H,32,36)(H,33,38)/t22-,23-,24-,25?/m0/s1. The fourth-order valence-electron chi connectivity index (χ4n) is 4.52. The van der Waals surface area contributed by atoms with Gasteiger partial charge in [0.1, 0.15) is 6.04 Å². The van der Waals surface area contributed by atoms with Crippen molar-refractivity contribution in [2.45, 2.75) is 57.2 Å². The Morgan fingerprint density at radius 2 is 1.67 bits per heavy atom. The van der Waals surface area contributed by atoms with Gasteiger partial charge in [-0.15, -0.1) is 0 Å². The van der Waals surface area contributed by atoms with Gasteiger partial charge in [-0.1, -0.05) is 60.7 Å². The number of carbonyl (C=O) groups is 4. The number of aliphatic hydroxyl groups is 1. The van der Waals surface area contributed by atoms with Crippen LogP contribution in [0.4, 0.5) is 4.79 Å². The molecule has 1 aliphatic heterocycles. The number of rotatable bonds is 14. The van der Waals surface area contributed by atoms with Gasteiger partial charge in [0.05, 0.1) is 12.6 Å². The number of ether oxygens (including phenoxy) is 1. The van der Waals surface area contributed by atoms with Crippen LogP contribution in [0.15, 0.2) is 60.7 Å². The first-order valence-corrected chi connectivity index (χ1v) is 13.4. The van der Waals surface area contributed by atoms with E-state index in [2.05, 4.69) is 21.3 Å². The lowest BCUT2D eigenvalue weighted by molar-refractivity contribution is -0.134. The Balaban J connectivity index is 1.66. The maximum atomic E-state index is 13.4. The second-order valence-electron chi connectivity index (χ2n) is 9.58. The van der Waals surface area contributed by atoms with Gasteiger partial charge in [0.2, 0.25) is 11.8 Å².